The van der Waals surface area contributed by atoms with Crippen LogP contribution >= 0.6 is 15.9 Å². The Morgan fingerprint density at radius 3 is 1.89 bits per heavy atom. The summed E-state index contributed by atoms with van der Waals surface area (Å²) >= 11 is 2.70. The molecule has 0 heterocycles. The Labute approximate surface area is 61.2 Å². The van der Waals surface area contributed by atoms with Crippen molar-refractivity contribution in [2.45, 2.75) is 18.2 Å². The van der Waals surface area contributed by atoms with Gasteiger partial charge in [-0.1, -0.05) is 15.9 Å². The van der Waals surface area contributed by atoms with Crippen LogP contribution in [0.2, 0.25) is 0 Å². The molecule has 0 spiro atoms. The number of carbonyl (C=O) groups is 2. The molecular formula is C5H6BrO3-. The minimum atomic E-state index is -1.52. The van der Waals surface area contributed by atoms with Crippen LogP contribution in [0.5, 0.6) is 0 Å². The zero-order valence-electron chi connectivity index (χ0n) is 5.10. The fourth-order valence-corrected chi connectivity index (χ4v) is 0.144. The standard InChI is InChI=1S/C5H7BrO3/c1-3(7)5(2,6)4(8)9/h1-2H3,(H,8,9)/p-1. The van der Waals surface area contributed by atoms with E-state index < -0.39 is 16.1 Å². The van der Waals surface area contributed by atoms with Crippen LogP contribution in [0.1, 0.15) is 13.8 Å². The molecule has 1 atom stereocenters. The van der Waals surface area contributed by atoms with Gasteiger partial charge >= 0.3 is 0 Å². The number of hydrogen-bond acceptors (Lipinski definition) is 3. The van der Waals surface area contributed by atoms with Crippen LogP contribution in [0, 0.1) is 0 Å². The topological polar surface area (TPSA) is 57.2 Å². The first-order valence-electron chi connectivity index (χ1n) is 2.30. The molecule has 0 saturated heterocycles. The predicted molar refractivity (Wildman–Crippen MR) is 33.0 cm³/mol. The summed E-state index contributed by atoms with van der Waals surface area (Å²) in [5, 5.41) is 10.1. The predicted octanol–water partition coefficient (Wildman–Crippen LogP) is -0.521. The van der Waals surface area contributed by atoms with Gasteiger partial charge in [0.1, 0.15) is 4.32 Å². The Bertz CT molecular complexity index is 134. The van der Waals surface area contributed by atoms with E-state index in [9.17, 15) is 14.7 Å². The van der Waals surface area contributed by atoms with E-state index in [1.54, 1.807) is 0 Å². The lowest BCUT2D eigenvalue weighted by Crippen LogP contribution is -2.46. The molecule has 52 valence electrons. The molecule has 0 fully saturated rings. The van der Waals surface area contributed by atoms with E-state index >= 15 is 0 Å². The molecule has 0 aromatic heterocycles. The molecule has 0 rings (SSSR count). The summed E-state index contributed by atoms with van der Waals surface area (Å²) in [6.07, 6.45) is 0. The van der Waals surface area contributed by atoms with Gasteiger partial charge in [0.2, 0.25) is 0 Å². The maximum absolute atomic E-state index is 10.4. The lowest BCUT2D eigenvalue weighted by Gasteiger charge is -2.18. The lowest BCUT2D eigenvalue weighted by atomic mass is 10.1. The monoisotopic (exact) mass is 193 g/mol. The lowest BCUT2D eigenvalue weighted by molar-refractivity contribution is -0.307. The molecule has 0 saturated carbocycles. The second kappa shape index (κ2) is 2.47. The van der Waals surface area contributed by atoms with Crippen LogP contribution in [0.25, 0.3) is 0 Å². The van der Waals surface area contributed by atoms with Crippen molar-refractivity contribution in [1.29, 1.82) is 0 Å². The van der Waals surface area contributed by atoms with Crippen LogP contribution in [-0.4, -0.2) is 16.1 Å². The zero-order chi connectivity index (χ0) is 7.65. The molecule has 0 aromatic rings. The molecule has 4 heteroatoms. The van der Waals surface area contributed by atoms with Gasteiger partial charge < -0.3 is 9.90 Å². The third-order valence-electron chi connectivity index (χ3n) is 1.04. The van der Waals surface area contributed by atoms with Crippen molar-refractivity contribution in [2.24, 2.45) is 0 Å². The number of alkyl halides is 1. The molecule has 0 amide bonds. The third-order valence-corrected chi connectivity index (χ3v) is 1.93. The van der Waals surface area contributed by atoms with E-state index in [-0.39, 0.29) is 0 Å². The molecule has 0 aliphatic rings. The second-order valence-corrected chi connectivity index (χ2v) is 3.43. The Balaban J connectivity index is 4.38. The quantitative estimate of drug-likeness (QED) is 0.439. The highest BCUT2D eigenvalue weighted by Crippen LogP contribution is 2.16. The summed E-state index contributed by atoms with van der Waals surface area (Å²) in [5.41, 5.74) is 0. The Hall–Kier alpha value is -0.380. The van der Waals surface area contributed by atoms with Crippen molar-refractivity contribution in [1.82, 2.24) is 0 Å². The first-order valence-corrected chi connectivity index (χ1v) is 3.09. The average molecular weight is 194 g/mol. The summed E-state index contributed by atoms with van der Waals surface area (Å²) in [6.45, 7) is 2.43. The molecule has 0 N–H and O–H groups in total. The number of halogens is 1. The van der Waals surface area contributed by atoms with Gasteiger partial charge in [0.05, 0.1) is 5.97 Å². The highest BCUT2D eigenvalue weighted by atomic mass is 79.9. The molecule has 0 radical (unpaired) electrons. The van der Waals surface area contributed by atoms with Crippen molar-refractivity contribution in [3.8, 4) is 0 Å². The summed E-state index contributed by atoms with van der Waals surface area (Å²) in [6, 6.07) is 0. The number of rotatable bonds is 2. The summed E-state index contributed by atoms with van der Waals surface area (Å²) < 4.78 is -1.52. The number of Topliss-reactive ketones (excluding diaryl/α,β-unsaturated/α-hetero) is 1. The van der Waals surface area contributed by atoms with Gasteiger partial charge in [-0.2, -0.15) is 0 Å². The minimum absolute atomic E-state index is 0.470. The second-order valence-electron chi connectivity index (χ2n) is 1.85. The van der Waals surface area contributed by atoms with E-state index in [0.717, 1.165) is 0 Å². The van der Waals surface area contributed by atoms with E-state index in [2.05, 4.69) is 15.9 Å². The number of hydrogen-bond donors (Lipinski definition) is 0. The minimum Gasteiger partial charge on any atom is -0.548 e. The number of aliphatic carboxylic acids is 1. The number of carbonyl (C=O) groups excluding carboxylic acids is 2. The SMILES string of the molecule is CC(=O)C(C)(Br)C(=O)[O-]. The van der Waals surface area contributed by atoms with Crippen molar-refractivity contribution in [2.75, 3.05) is 0 Å². The molecule has 9 heavy (non-hydrogen) atoms. The Morgan fingerprint density at radius 2 is 1.89 bits per heavy atom. The molecule has 0 aliphatic heterocycles. The van der Waals surface area contributed by atoms with Crippen molar-refractivity contribution in [3.63, 3.8) is 0 Å². The number of ketones is 1. The van der Waals surface area contributed by atoms with E-state index in [0.29, 0.717) is 0 Å². The van der Waals surface area contributed by atoms with Gasteiger partial charge in [-0.25, -0.2) is 0 Å². The van der Waals surface area contributed by atoms with E-state index in [4.69, 9.17) is 0 Å². The molecule has 0 bridgehead atoms. The summed E-state index contributed by atoms with van der Waals surface area (Å²) in [5.74, 6) is -1.88. The van der Waals surface area contributed by atoms with Crippen LogP contribution in [0.4, 0.5) is 0 Å². The molecule has 0 aromatic carbocycles. The van der Waals surface area contributed by atoms with Gasteiger partial charge in [0, 0.05) is 0 Å². The molecular weight excluding hydrogens is 188 g/mol. The highest BCUT2D eigenvalue weighted by molar-refractivity contribution is 9.10. The van der Waals surface area contributed by atoms with Gasteiger partial charge in [0.15, 0.2) is 5.78 Å². The normalized spacial score (nSPS) is 16.3. The summed E-state index contributed by atoms with van der Waals surface area (Å²) in [4.78, 5) is 20.5. The maximum Gasteiger partial charge on any atom is 0.151 e. The maximum atomic E-state index is 10.4. The van der Waals surface area contributed by atoms with Crippen LogP contribution < -0.4 is 5.11 Å². The van der Waals surface area contributed by atoms with Crippen LogP contribution in [-0.2, 0) is 9.59 Å². The largest absolute Gasteiger partial charge is 0.548 e. The molecule has 0 aliphatic carbocycles. The number of carboxylic acid groups (broad SMARTS) is 1. The highest BCUT2D eigenvalue weighted by Gasteiger charge is 2.27. The third kappa shape index (κ3) is 1.78. The van der Waals surface area contributed by atoms with Gasteiger partial charge in [-0.3, -0.25) is 4.79 Å². The average Bonchev–Trinajstić information content (AvgIpc) is 1.65. The van der Waals surface area contributed by atoms with E-state index in [1.165, 1.54) is 13.8 Å². The molecule has 3 nitrogen and oxygen atoms in total. The first kappa shape index (κ1) is 8.62. The Kier molecular flexibility index (Phi) is 2.37. The van der Waals surface area contributed by atoms with Gasteiger partial charge in [0.25, 0.3) is 0 Å². The van der Waals surface area contributed by atoms with Gasteiger partial charge in [-0.15, -0.1) is 0 Å². The smallest absolute Gasteiger partial charge is 0.151 e. The van der Waals surface area contributed by atoms with Crippen molar-refractivity contribution < 1.29 is 14.7 Å². The van der Waals surface area contributed by atoms with E-state index in [1.807, 2.05) is 0 Å². The zero-order valence-corrected chi connectivity index (χ0v) is 6.69. The van der Waals surface area contributed by atoms with Crippen molar-refractivity contribution in [3.05, 3.63) is 0 Å². The molecule has 1 unspecified atom stereocenters. The van der Waals surface area contributed by atoms with Crippen LogP contribution in [0.3, 0.4) is 0 Å². The fourth-order valence-electron chi connectivity index (χ4n) is 0.144. The fraction of sp³-hybridized carbons (Fsp3) is 0.600. The first-order chi connectivity index (χ1) is 3.89. The van der Waals surface area contributed by atoms with Gasteiger partial charge in [-0.05, 0) is 13.8 Å². The van der Waals surface area contributed by atoms with Crippen molar-refractivity contribution >= 4 is 27.7 Å². The van der Waals surface area contributed by atoms with Crippen LogP contribution in [0.15, 0.2) is 0 Å². The number of carboxylic acids is 1. The summed E-state index contributed by atoms with van der Waals surface area (Å²) in [7, 11) is 0. The Morgan fingerprint density at radius 1 is 1.56 bits per heavy atom.